The van der Waals surface area contributed by atoms with E-state index in [-0.39, 0.29) is 5.92 Å². The maximum atomic E-state index is 9.00. The summed E-state index contributed by atoms with van der Waals surface area (Å²) < 4.78 is 0. The van der Waals surface area contributed by atoms with Crippen LogP contribution in [0.1, 0.15) is 13.3 Å². The molecular formula is C6H10Cl2O2. The zero-order valence-electron chi connectivity index (χ0n) is 5.59. The summed E-state index contributed by atoms with van der Waals surface area (Å²) in [7, 11) is 0. The van der Waals surface area contributed by atoms with E-state index >= 15 is 0 Å². The molecule has 0 aliphatic heterocycles. The zero-order chi connectivity index (χ0) is 7.94. The Kier molecular flexibility index (Phi) is 2.17. The number of rotatable bonds is 2. The molecule has 2 nitrogen and oxygen atoms in total. The van der Waals surface area contributed by atoms with Crippen molar-refractivity contribution in [2.45, 2.75) is 24.5 Å². The van der Waals surface area contributed by atoms with Gasteiger partial charge in [-0.05, 0) is 12.3 Å². The van der Waals surface area contributed by atoms with E-state index < -0.39 is 16.5 Å². The highest BCUT2D eigenvalue weighted by molar-refractivity contribution is 6.23. The molecule has 4 heteroatoms. The maximum Gasteiger partial charge on any atom is 0.137 e. The van der Waals surface area contributed by atoms with Crippen LogP contribution in [-0.4, -0.2) is 21.3 Å². The summed E-state index contributed by atoms with van der Waals surface area (Å²) in [5, 5.41) is 18.0. The molecule has 2 N–H and O–H groups in total. The van der Waals surface area contributed by atoms with Crippen molar-refractivity contribution in [2.24, 2.45) is 11.3 Å². The van der Waals surface area contributed by atoms with E-state index in [1.807, 2.05) is 6.92 Å². The van der Waals surface area contributed by atoms with Gasteiger partial charge < -0.3 is 10.2 Å². The molecule has 0 aromatic heterocycles. The van der Waals surface area contributed by atoms with Crippen LogP contribution in [0.4, 0.5) is 0 Å². The average molecular weight is 185 g/mol. The molecule has 0 amide bonds. The van der Waals surface area contributed by atoms with Gasteiger partial charge >= 0.3 is 0 Å². The lowest BCUT2D eigenvalue weighted by Crippen LogP contribution is -2.27. The first kappa shape index (κ1) is 8.60. The number of alkyl halides is 2. The first-order chi connectivity index (χ1) is 4.51. The van der Waals surface area contributed by atoms with Gasteiger partial charge in [0.2, 0.25) is 0 Å². The fourth-order valence-electron chi connectivity index (χ4n) is 1.25. The third kappa shape index (κ3) is 1.03. The van der Waals surface area contributed by atoms with Crippen molar-refractivity contribution in [2.75, 3.05) is 0 Å². The van der Waals surface area contributed by atoms with E-state index in [0.717, 1.165) is 0 Å². The molecule has 0 heterocycles. The lowest BCUT2D eigenvalue weighted by atomic mass is 10.1. The minimum atomic E-state index is -1.03. The van der Waals surface area contributed by atoms with Gasteiger partial charge in [-0.2, -0.15) is 0 Å². The van der Waals surface area contributed by atoms with Crippen LogP contribution >= 0.6 is 23.2 Å². The zero-order valence-corrected chi connectivity index (χ0v) is 7.10. The standard InChI is InChI=1S/C6H10Cl2O2/c1-3-2-6(3,4(7)9)5(8)10/h3-5,9-10H,2H2,1H3. The molecule has 3 atom stereocenters. The summed E-state index contributed by atoms with van der Waals surface area (Å²) in [5.41, 5.74) is -2.71. The van der Waals surface area contributed by atoms with Gasteiger partial charge in [0.15, 0.2) is 0 Å². The van der Waals surface area contributed by atoms with Gasteiger partial charge in [0.1, 0.15) is 11.1 Å². The monoisotopic (exact) mass is 184 g/mol. The van der Waals surface area contributed by atoms with Crippen LogP contribution in [0.25, 0.3) is 0 Å². The molecule has 1 saturated carbocycles. The van der Waals surface area contributed by atoms with Crippen LogP contribution in [-0.2, 0) is 0 Å². The minimum Gasteiger partial charge on any atom is -0.377 e. The Hall–Kier alpha value is 0.500. The second-order valence-electron chi connectivity index (χ2n) is 2.89. The summed E-state index contributed by atoms with van der Waals surface area (Å²) in [4.78, 5) is 0. The van der Waals surface area contributed by atoms with Crippen LogP contribution in [0.2, 0.25) is 0 Å². The number of aliphatic hydroxyl groups is 2. The normalized spacial score (nSPS) is 44.7. The molecule has 0 bridgehead atoms. The molecule has 1 aliphatic carbocycles. The molecule has 0 aromatic rings. The molecule has 1 fully saturated rings. The fourth-order valence-corrected chi connectivity index (χ4v) is 2.16. The van der Waals surface area contributed by atoms with Gasteiger partial charge in [0, 0.05) is 0 Å². The van der Waals surface area contributed by atoms with Crippen molar-refractivity contribution in [1.82, 2.24) is 0 Å². The highest BCUT2D eigenvalue weighted by Gasteiger charge is 2.60. The van der Waals surface area contributed by atoms with Crippen LogP contribution in [0.3, 0.4) is 0 Å². The van der Waals surface area contributed by atoms with Crippen molar-refractivity contribution in [1.29, 1.82) is 0 Å². The highest BCUT2D eigenvalue weighted by Crippen LogP contribution is 2.59. The lowest BCUT2D eigenvalue weighted by molar-refractivity contribution is 0.0720. The number of aliphatic hydroxyl groups excluding tert-OH is 2. The van der Waals surface area contributed by atoms with Crippen molar-refractivity contribution < 1.29 is 10.2 Å². The fraction of sp³-hybridized carbons (Fsp3) is 1.00. The molecule has 0 aromatic carbocycles. The van der Waals surface area contributed by atoms with Crippen molar-refractivity contribution in [3.8, 4) is 0 Å². The quantitative estimate of drug-likeness (QED) is 0.633. The Labute approximate surface area is 69.8 Å². The summed E-state index contributed by atoms with van der Waals surface area (Å²) in [6, 6.07) is 0. The smallest absolute Gasteiger partial charge is 0.137 e. The maximum absolute atomic E-state index is 9.00. The second kappa shape index (κ2) is 2.52. The lowest BCUT2D eigenvalue weighted by Gasteiger charge is -2.19. The van der Waals surface area contributed by atoms with Crippen LogP contribution in [0.5, 0.6) is 0 Å². The minimum absolute atomic E-state index is 0.215. The van der Waals surface area contributed by atoms with Gasteiger partial charge in [0.25, 0.3) is 0 Å². The number of hydrogen-bond acceptors (Lipinski definition) is 2. The Morgan fingerprint density at radius 3 is 1.70 bits per heavy atom. The van der Waals surface area contributed by atoms with Gasteiger partial charge in [-0.15, -0.1) is 0 Å². The van der Waals surface area contributed by atoms with E-state index in [4.69, 9.17) is 33.4 Å². The van der Waals surface area contributed by atoms with Crippen LogP contribution < -0.4 is 0 Å². The molecule has 0 radical (unpaired) electrons. The Morgan fingerprint density at radius 1 is 1.40 bits per heavy atom. The molecule has 10 heavy (non-hydrogen) atoms. The van der Waals surface area contributed by atoms with Crippen molar-refractivity contribution in [3.05, 3.63) is 0 Å². The Balaban J connectivity index is 2.64. The number of halogens is 2. The van der Waals surface area contributed by atoms with Gasteiger partial charge in [-0.25, -0.2) is 0 Å². The molecule has 1 rings (SSSR count). The van der Waals surface area contributed by atoms with E-state index in [2.05, 4.69) is 0 Å². The van der Waals surface area contributed by atoms with E-state index in [9.17, 15) is 0 Å². The average Bonchev–Trinajstić information content (AvgIpc) is 2.42. The molecular weight excluding hydrogens is 175 g/mol. The summed E-state index contributed by atoms with van der Waals surface area (Å²) in [6.07, 6.45) is 0.697. The second-order valence-corrected chi connectivity index (χ2v) is 3.72. The Morgan fingerprint density at radius 2 is 1.70 bits per heavy atom. The van der Waals surface area contributed by atoms with Gasteiger partial charge in [-0.3, -0.25) is 0 Å². The van der Waals surface area contributed by atoms with E-state index in [0.29, 0.717) is 6.42 Å². The van der Waals surface area contributed by atoms with E-state index in [1.54, 1.807) is 0 Å². The third-order valence-corrected chi connectivity index (χ3v) is 3.12. The third-order valence-electron chi connectivity index (χ3n) is 2.30. The van der Waals surface area contributed by atoms with Gasteiger partial charge in [-0.1, -0.05) is 30.1 Å². The highest BCUT2D eigenvalue weighted by atomic mass is 35.5. The first-order valence-corrected chi connectivity index (χ1v) is 4.03. The summed E-state index contributed by atoms with van der Waals surface area (Å²) >= 11 is 10.9. The summed E-state index contributed by atoms with van der Waals surface area (Å²) in [6.45, 7) is 1.90. The largest absolute Gasteiger partial charge is 0.377 e. The molecule has 60 valence electrons. The van der Waals surface area contributed by atoms with Crippen molar-refractivity contribution >= 4 is 23.2 Å². The molecule has 3 unspecified atom stereocenters. The molecule has 0 saturated heterocycles. The van der Waals surface area contributed by atoms with Crippen molar-refractivity contribution in [3.63, 3.8) is 0 Å². The SMILES string of the molecule is CC1CC1(C(O)Cl)C(O)Cl. The molecule has 1 aliphatic rings. The topological polar surface area (TPSA) is 40.5 Å². The summed E-state index contributed by atoms with van der Waals surface area (Å²) in [5.74, 6) is 0.215. The van der Waals surface area contributed by atoms with Crippen LogP contribution in [0.15, 0.2) is 0 Å². The predicted molar refractivity (Wildman–Crippen MR) is 39.9 cm³/mol. The van der Waals surface area contributed by atoms with Crippen LogP contribution in [0, 0.1) is 11.3 Å². The number of hydrogen-bond donors (Lipinski definition) is 2. The predicted octanol–water partition coefficient (Wildman–Crippen LogP) is 1.13. The van der Waals surface area contributed by atoms with Gasteiger partial charge in [0.05, 0.1) is 5.41 Å². The first-order valence-electron chi connectivity index (χ1n) is 3.16. The molecule has 0 spiro atoms. The Bertz CT molecular complexity index is 128. The van der Waals surface area contributed by atoms with E-state index in [1.165, 1.54) is 0 Å².